The highest BCUT2D eigenvalue weighted by Gasteiger charge is 2.14. The summed E-state index contributed by atoms with van der Waals surface area (Å²) in [5.41, 5.74) is 0. The first-order valence-electron chi connectivity index (χ1n) is 5.78. The number of amides is 1. The van der Waals surface area contributed by atoms with E-state index < -0.39 is 0 Å². The van der Waals surface area contributed by atoms with Gasteiger partial charge in [0.25, 0.3) is 5.91 Å². The summed E-state index contributed by atoms with van der Waals surface area (Å²) in [5.74, 6) is 0.412. The van der Waals surface area contributed by atoms with E-state index in [0.29, 0.717) is 23.9 Å². The predicted molar refractivity (Wildman–Crippen MR) is 76.1 cm³/mol. The monoisotopic (exact) mass is 305 g/mol. The summed E-state index contributed by atoms with van der Waals surface area (Å²) in [7, 11) is 3.24. The largest absolute Gasteiger partial charge is 0.484 e. The van der Waals surface area contributed by atoms with E-state index in [1.165, 1.54) is 4.90 Å². The van der Waals surface area contributed by atoms with Gasteiger partial charge in [-0.2, -0.15) is 0 Å². The van der Waals surface area contributed by atoms with Gasteiger partial charge in [0, 0.05) is 25.7 Å². The Hall–Kier alpha value is -0.970. The molecule has 0 radical (unpaired) electrons. The standard InChI is InChI=1S/C13H17Cl2NO3/c1-16(7-11(15)8-18-2)13(17)9-19-12-5-3-4-10(14)6-12/h3-6,11H,7-9H2,1-2H3. The summed E-state index contributed by atoms with van der Waals surface area (Å²) in [6.45, 7) is 0.759. The zero-order valence-electron chi connectivity index (χ0n) is 10.9. The third-order valence-electron chi connectivity index (χ3n) is 2.40. The van der Waals surface area contributed by atoms with Crippen molar-refractivity contribution in [3.8, 4) is 5.75 Å². The zero-order chi connectivity index (χ0) is 14.3. The van der Waals surface area contributed by atoms with Gasteiger partial charge in [0.1, 0.15) is 5.75 Å². The minimum atomic E-state index is -0.231. The smallest absolute Gasteiger partial charge is 0.260 e. The van der Waals surface area contributed by atoms with Crippen molar-refractivity contribution in [1.29, 1.82) is 0 Å². The Morgan fingerprint density at radius 3 is 2.84 bits per heavy atom. The van der Waals surface area contributed by atoms with E-state index in [2.05, 4.69) is 0 Å². The number of hydrogen-bond acceptors (Lipinski definition) is 3. The molecule has 0 fully saturated rings. The summed E-state index contributed by atoms with van der Waals surface area (Å²) >= 11 is 11.8. The zero-order valence-corrected chi connectivity index (χ0v) is 12.4. The molecule has 4 nitrogen and oxygen atoms in total. The lowest BCUT2D eigenvalue weighted by atomic mass is 10.3. The molecule has 0 aromatic heterocycles. The molecule has 1 amide bonds. The molecule has 0 heterocycles. The fourth-order valence-electron chi connectivity index (χ4n) is 1.44. The number of carbonyl (C=O) groups is 1. The molecule has 0 aliphatic carbocycles. The Morgan fingerprint density at radius 1 is 1.47 bits per heavy atom. The number of methoxy groups -OCH3 is 1. The Balaban J connectivity index is 2.38. The highest BCUT2D eigenvalue weighted by atomic mass is 35.5. The summed E-state index contributed by atoms with van der Waals surface area (Å²) in [6, 6.07) is 6.91. The van der Waals surface area contributed by atoms with Gasteiger partial charge >= 0.3 is 0 Å². The molecule has 0 aliphatic rings. The number of likely N-dealkylation sites (N-methyl/N-ethyl adjacent to an activating group) is 1. The van der Waals surface area contributed by atoms with Crippen LogP contribution in [0.3, 0.4) is 0 Å². The topological polar surface area (TPSA) is 38.8 Å². The molecule has 1 aromatic carbocycles. The Labute approximate surface area is 123 Å². The highest BCUT2D eigenvalue weighted by Crippen LogP contribution is 2.17. The van der Waals surface area contributed by atoms with Crippen LogP contribution in [-0.4, -0.2) is 50.1 Å². The number of hydrogen-bond donors (Lipinski definition) is 0. The molecule has 6 heteroatoms. The van der Waals surface area contributed by atoms with Crippen LogP contribution in [0.4, 0.5) is 0 Å². The maximum Gasteiger partial charge on any atom is 0.260 e. The summed E-state index contributed by atoms with van der Waals surface area (Å²) in [5, 5.41) is 0.337. The third-order valence-corrected chi connectivity index (χ3v) is 2.90. The Kier molecular flexibility index (Phi) is 6.99. The van der Waals surface area contributed by atoms with Crippen LogP contribution in [0.5, 0.6) is 5.75 Å². The minimum Gasteiger partial charge on any atom is -0.484 e. The first-order chi connectivity index (χ1) is 9.02. The molecule has 0 aliphatic heterocycles. The van der Waals surface area contributed by atoms with Crippen molar-refractivity contribution in [2.24, 2.45) is 0 Å². The maximum atomic E-state index is 11.8. The molecule has 106 valence electrons. The number of rotatable bonds is 7. The lowest BCUT2D eigenvalue weighted by Crippen LogP contribution is -2.36. The summed E-state index contributed by atoms with van der Waals surface area (Å²) in [4.78, 5) is 13.3. The van der Waals surface area contributed by atoms with Gasteiger partial charge in [0.05, 0.1) is 12.0 Å². The van der Waals surface area contributed by atoms with Gasteiger partial charge in [-0.1, -0.05) is 17.7 Å². The van der Waals surface area contributed by atoms with Crippen LogP contribution in [-0.2, 0) is 9.53 Å². The van der Waals surface area contributed by atoms with Gasteiger partial charge in [-0.15, -0.1) is 11.6 Å². The fraction of sp³-hybridized carbons (Fsp3) is 0.462. The van der Waals surface area contributed by atoms with Crippen molar-refractivity contribution in [3.05, 3.63) is 29.3 Å². The number of nitrogens with zero attached hydrogens (tertiary/aromatic N) is 1. The average Bonchev–Trinajstić information content (AvgIpc) is 2.36. The first kappa shape index (κ1) is 16.1. The first-order valence-corrected chi connectivity index (χ1v) is 6.59. The molecule has 1 unspecified atom stereocenters. The molecule has 0 saturated carbocycles. The van der Waals surface area contributed by atoms with Gasteiger partial charge in [0.15, 0.2) is 6.61 Å². The van der Waals surface area contributed by atoms with Crippen LogP contribution >= 0.6 is 23.2 Å². The number of halogens is 2. The Bertz CT molecular complexity index is 415. The molecular weight excluding hydrogens is 289 g/mol. The van der Waals surface area contributed by atoms with E-state index in [1.807, 2.05) is 0 Å². The van der Waals surface area contributed by atoms with Gasteiger partial charge in [-0.25, -0.2) is 0 Å². The lowest BCUT2D eigenvalue weighted by Gasteiger charge is -2.20. The van der Waals surface area contributed by atoms with Crippen LogP contribution in [0, 0.1) is 0 Å². The van der Waals surface area contributed by atoms with Crippen molar-refractivity contribution < 1.29 is 14.3 Å². The lowest BCUT2D eigenvalue weighted by molar-refractivity contribution is -0.132. The molecule has 0 spiro atoms. The van der Waals surface area contributed by atoms with Gasteiger partial charge < -0.3 is 14.4 Å². The van der Waals surface area contributed by atoms with E-state index in [1.54, 1.807) is 38.4 Å². The quantitative estimate of drug-likeness (QED) is 0.726. The molecule has 0 saturated heterocycles. The Morgan fingerprint density at radius 2 is 2.21 bits per heavy atom. The second-order valence-electron chi connectivity index (χ2n) is 4.07. The highest BCUT2D eigenvalue weighted by molar-refractivity contribution is 6.30. The molecular formula is C13H17Cl2NO3. The van der Waals surface area contributed by atoms with E-state index in [4.69, 9.17) is 32.7 Å². The van der Waals surface area contributed by atoms with Crippen LogP contribution < -0.4 is 4.74 Å². The number of ether oxygens (including phenoxy) is 2. The number of alkyl halides is 1. The summed E-state index contributed by atoms with van der Waals surface area (Å²) in [6.07, 6.45) is 0. The van der Waals surface area contributed by atoms with Crippen molar-refractivity contribution in [2.75, 3.05) is 33.9 Å². The average molecular weight is 306 g/mol. The normalized spacial score (nSPS) is 12.0. The van der Waals surface area contributed by atoms with Gasteiger partial charge in [-0.05, 0) is 18.2 Å². The van der Waals surface area contributed by atoms with Crippen molar-refractivity contribution in [1.82, 2.24) is 4.90 Å². The molecule has 1 atom stereocenters. The molecule has 19 heavy (non-hydrogen) atoms. The third kappa shape index (κ3) is 6.14. The van der Waals surface area contributed by atoms with E-state index in [9.17, 15) is 4.79 Å². The molecule has 0 N–H and O–H groups in total. The van der Waals surface area contributed by atoms with E-state index in [0.717, 1.165) is 0 Å². The van der Waals surface area contributed by atoms with Crippen molar-refractivity contribution >= 4 is 29.1 Å². The van der Waals surface area contributed by atoms with E-state index >= 15 is 0 Å². The molecule has 1 rings (SSSR count). The number of carbonyl (C=O) groups excluding carboxylic acids is 1. The van der Waals surface area contributed by atoms with Crippen LogP contribution in [0.15, 0.2) is 24.3 Å². The second kappa shape index (κ2) is 8.25. The fourth-order valence-corrected chi connectivity index (χ4v) is 1.96. The summed E-state index contributed by atoms with van der Waals surface area (Å²) < 4.78 is 10.3. The van der Waals surface area contributed by atoms with Crippen molar-refractivity contribution in [3.63, 3.8) is 0 Å². The predicted octanol–water partition coefficient (Wildman–Crippen LogP) is 2.43. The molecule has 1 aromatic rings. The second-order valence-corrected chi connectivity index (χ2v) is 5.13. The molecule has 0 bridgehead atoms. The van der Waals surface area contributed by atoms with Crippen LogP contribution in [0.1, 0.15) is 0 Å². The minimum absolute atomic E-state index is 0.0482. The van der Waals surface area contributed by atoms with Gasteiger partial charge in [0.2, 0.25) is 0 Å². The SMILES string of the molecule is COCC(Cl)CN(C)C(=O)COc1cccc(Cl)c1. The maximum absolute atomic E-state index is 11.8. The van der Waals surface area contributed by atoms with Crippen LogP contribution in [0.2, 0.25) is 5.02 Å². The number of benzene rings is 1. The van der Waals surface area contributed by atoms with Crippen molar-refractivity contribution in [2.45, 2.75) is 5.38 Å². The van der Waals surface area contributed by atoms with E-state index in [-0.39, 0.29) is 17.9 Å². The van der Waals surface area contributed by atoms with Gasteiger partial charge in [-0.3, -0.25) is 4.79 Å². The van der Waals surface area contributed by atoms with Crippen LogP contribution in [0.25, 0.3) is 0 Å².